The van der Waals surface area contributed by atoms with Crippen LogP contribution in [-0.2, 0) is 0 Å². The van der Waals surface area contributed by atoms with Crippen molar-refractivity contribution < 1.29 is 9.18 Å². The molecule has 0 aliphatic rings. The summed E-state index contributed by atoms with van der Waals surface area (Å²) >= 11 is 3.22. The van der Waals surface area contributed by atoms with Crippen molar-refractivity contribution in [1.29, 1.82) is 0 Å². The fourth-order valence-corrected chi connectivity index (χ4v) is 2.16. The molecule has 110 valence electrons. The summed E-state index contributed by atoms with van der Waals surface area (Å²) in [5, 5.41) is 5.85. The predicted octanol–water partition coefficient (Wildman–Crippen LogP) is 4.06. The highest BCUT2D eigenvalue weighted by Crippen LogP contribution is 2.23. The Balaban J connectivity index is 2.12. The van der Waals surface area contributed by atoms with E-state index in [1.807, 2.05) is 0 Å². The number of carbonyl (C=O) groups is 1. The zero-order valence-electron chi connectivity index (χ0n) is 11.5. The molecule has 2 rings (SSSR count). The van der Waals surface area contributed by atoms with Crippen LogP contribution >= 0.6 is 15.9 Å². The maximum absolute atomic E-state index is 13.0. The average molecular weight is 352 g/mol. The molecule has 0 saturated heterocycles. The molecule has 0 radical (unpaired) electrons. The molecule has 4 nitrogen and oxygen atoms in total. The third-order valence-corrected chi connectivity index (χ3v) is 3.41. The van der Waals surface area contributed by atoms with Gasteiger partial charge in [-0.15, -0.1) is 0 Å². The fourth-order valence-electron chi connectivity index (χ4n) is 1.71. The molecule has 0 unspecified atom stereocenters. The van der Waals surface area contributed by atoms with Crippen LogP contribution in [0.2, 0.25) is 0 Å². The summed E-state index contributed by atoms with van der Waals surface area (Å²) < 4.78 is 13.5. The zero-order chi connectivity index (χ0) is 15.2. The number of hydrogen-bond acceptors (Lipinski definition) is 3. The van der Waals surface area contributed by atoms with Crippen LogP contribution in [0.3, 0.4) is 0 Å². The molecule has 1 aromatic carbocycles. The third kappa shape index (κ3) is 4.26. The lowest BCUT2D eigenvalue weighted by Gasteiger charge is -2.09. The van der Waals surface area contributed by atoms with Crippen LogP contribution in [0, 0.1) is 5.82 Å². The summed E-state index contributed by atoms with van der Waals surface area (Å²) in [6.07, 6.45) is 2.55. The summed E-state index contributed by atoms with van der Waals surface area (Å²) in [5.41, 5.74) is 1.00. The van der Waals surface area contributed by atoms with Crippen molar-refractivity contribution in [3.8, 4) is 0 Å². The molecule has 0 fully saturated rings. The van der Waals surface area contributed by atoms with Gasteiger partial charge in [0.1, 0.15) is 11.6 Å². The van der Waals surface area contributed by atoms with E-state index in [0.29, 0.717) is 21.5 Å². The predicted molar refractivity (Wildman–Crippen MR) is 85.1 cm³/mol. The van der Waals surface area contributed by atoms with Gasteiger partial charge in [-0.05, 0) is 52.7 Å². The number of rotatable bonds is 5. The van der Waals surface area contributed by atoms with Gasteiger partial charge in [0.05, 0.1) is 5.69 Å². The summed E-state index contributed by atoms with van der Waals surface area (Å²) in [6, 6.07) is 7.42. The molecular weight excluding hydrogens is 337 g/mol. The monoisotopic (exact) mass is 351 g/mol. The van der Waals surface area contributed by atoms with Crippen molar-refractivity contribution in [2.75, 3.05) is 17.2 Å². The van der Waals surface area contributed by atoms with Gasteiger partial charge in [0.2, 0.25) is 0 Å². The van der Waals surface area contributed by atoms with E-state index in [9.17, 15) is 9.18 Å². The van der Waals surface area contributed by atoms with Crippen molar-refractivity contribution in [2.45, 2.75) is 13.3 Å². The van der Waals surface area contributed by atoms with Gasteiger partial charge < -0.3 is 10.6 Å². The molecule has 0 aliphatic carbocycles. The van der Waals surface area contributed by atoms with Gasteiger partial charge in [0.15, 0.2) is 0 Å². The smallest absolute Gasteiger partial charge is 0.255 e. The number of nitrogens with one attached hydrogen (secondary N) is 2. The normalized spacial score (nSPS) is 10.2. The number of nitrogens with zero attached hydrogens (tertiary/aromatic N) is 1. The topological polar surface area (TPSA) is 54.0 Å². The fraction of sp³-hybridized carbons (Fsp3) is 0.200. The number of benzene rings is 1. The lowest BCUT2D eigenvalue weighted by atomic mass is 10.2. The molecule has 0 atom stereocenters. The van der Waals surface area contributed by atoms with Crippen LogP contribution in [0.25, 0.3) is 0 Å². The highest BCUT2D eigenvalue weighted by molar-refractivity contribution is 9.10. The van der Waals surface area contributed by atoms with E-state index in [0.717, 1.165) is 13.0 Å². The lowest BCUT2D eigenvalue weighted by molar-refractivity contribution is 0.102. The Morgan fingerprint density at radius 1 is 1.33 bits per heavy atom. The van der Waals surface area contributed by atoms with Crippen molar-refractivity contribution in [3.05, 3.63) is 52.4 Å². The minimum atomic E-state index is -0.366. The molecule has 1 amide bonds. The minimum Gasteiger partial charge on any atom is -0.370 e. The minimum absolute atomic E-state index is 0.274. The number of pyridine rings is 1. The molecule has 1 heterocycles. The number of hydrogen-bond donors (Lipinski definition) is 2. The van der Waals surface area contributed by atoms with Gasteiger partial charge in [-0.2, -0.15) is 0 Å². The number of carbonyl (C=O) groups excluding carboxylic acids is 1. The Kier molecular flexibility index (Phi) is 5.27. The van der Waals surface area contributed by atoms with Crippen molar-refractivity contribution >= 4 is 33.3 Å². The van der Waals surface area contributed by atoms with E-state index in [1.165, 1.54) is 18.2 Å². The van der Waals surface area contributed by atoms with Gasteiger partial charge in [-0.25, -0.2) is 9.37 Å². The quantitative estimate of drug-likeness (QED) is 0.853. The molecule has 1 aromatic heterocycles. The van der Waals surface area contributed by atoms with Crippen LogP contribution in [0.1, 0.15) is 23.7 Å². The standard InChI is InChI=1S/C15H15BrFN3O/c1-2-6-18-14-8-10(5-7-19-14)15(21)20-13-4-3-11(17)9-12(13)16/h3-5,7-9H,2,6H2,1H3,(H,18,19)(H,20,21). The second-order valence-electron chi connectivity index (χ2n) is 4.43. The first-order chi connectivity index (χ1) is 10.1. The van der Waals surface area contributed by atoms with Crippen molar-refractivity contribution in [2.24, 2.45) is 0 Å². The molecule has 6 heteroatoms. The Morgan fingerprint density at radius 2 is 2.14 bits per heavy atom. The van der Waals surface area contributed by atoms with Gasteiger partial charge in [0.25, 0.3) is 5.91 Å². The van der Waals surface area contributed by atoms with E-state index < -0.39 is 0 Å². The van der Waals surface area contributed by atoms with Crippen molar-refractivity contribution in [3.63, 3.8) is 0 Å². The Morgan fingerprint density at radius 3 is 2.86 bits per heavy atom. The van der Waals surface area contributed by atoms with Gasteiger partial charge in [-0.1, -0.05) is 6.92 Å². The SMILES string of the molecule is CCCNc1cc(C(=O)Nc2ccc(F)cc2Br)ccn1. The van der Waals surface area contributed by atoms with E-state index in [2.05, 4.69) is 38.5 Å². The van der Waals surface area contributed by atoms with E-state index >= 15 is 0 Å². The van der Waals surface area contributed by atoms with Crippen LogP contribution in [0.5, 0.6) is 0 Å². The van der Waals surface area contributed by atoms with Gasteiger partial charge >= 0.3 is 0 Å². The highest BCUT2D eigenvalue weighted by Gasteiger charge is 2.10. The zero-order valence-corrected chi connectivity index (χ0v) is 13.1. The van der Waals surface area contributed by atoms with Crippen LogP contribution in [0.15, 0.2) is 41.0 Å². The molecular formula is C15H15BrFN3O. The first-order valence-electron chi connectivity index (χ1n) is 6.56. The molecule has 21 heavy (non-hydrogen) atoms. The molecule has 0 aliphatic heterocycles. The van der Waals surface area contributed by atoms with E-state index in [-0.39, 0.29) is 11.7 Å². The first kappa shape index (κ1) is 15.4. The van der Waals surface area contributed by atoms with E-state index in [1.54, 1.807) is 18.3 Å². The number of halogens is 2. The molecule has 0 spiro atoms. The third-order valence-electron chi connectivity index (χ3n) is 2.76. The van der Waals surface area contributed by atoms with E-state index in [4.69, 9.17) is 0 Å². The van der Waals surface area contributed by atoms with Crippen LogP contribution in [0.4, 0.5) is 15.9 Å². The number of amides is 1. The number of anilines is 2. The average Bonchev–Trinajstić information content (AvgIpc) is 2.48. The largest absolute Gasteiger partial charge is 0.370 e. The Hall–Kier alpha value is -1.95. The lowest BCUT2D eigenvalue weighted by Crippen LogP contribution is -2.13. The highest BCUT2D eigenvalue weighted by atomic mass is 79.9. The molecule has 2 N–H and O–H groups in total. The second-order valence-corrected chi connectivity index (χ2v) is 5.29. The summed E-state index contributed by atoms with van der Waals surface area (Å²) in [7, 11) is 0. The second kappa shape index (κ2) is 7.17. The Bertz CT molecular complexity index is 649. The first-order valence-corrected chi connectivity index (χ1v) is 7.35. The summed E-state index contributed by atoms with van der Waals surface area (Å²) in [6.45, 7) is 2.84. The van der Waals surface area contributed by atoms with Gasteiger partial charge in [0, 0.05) is 22.8 Å². The van der Waals surface area contributed by atoms with Gasteiger partial charge in [-0.3, -0.25) is 4.79 Å². The molecule has 0 bridgehead atoms. The molecule has 2 aromatic rings. The maximum atomic E-state index is 13.0. The van der Waals surface area contributed by atoms with Crippen LogP contribution in [-0.4, -0.2) is 17.4 Å². The van der Waals surface area contributed by atoms with Crippen molar-refractivity contribution in [1.82, 2.24) is 4.98 Å². The molecule has 0 saturated carbocycles. The Labute approximate surface area is 130 Å². The number of aromatic nitrogens is 1. The summed E-state index contributed by atoms with van der Waals surface area (Å²) in [4.78, 5) is 16.3. The summed E-state index contributed by atoms with van der Waals surface area (Å²) in [5.74, 6) is 0.0155. The maximum Gasteiger partial charge on any atom is 0.255 e. The van der Waals surface area contributed by atoms with Crippen LogP contribution < -0.4 is 10.6 Å².